The molecule has 0 radical (unpaired) electrons. The predicted molar refractivity (Wildman–Crippen MR) is 116 cm³/mol. The molecule has 2 N–H and O–H groups in total. The van der Waals surface area contributed by atoms with Crippen molar-refractivity contribution in [3.63, 3.8) is 0 Å². The molecule has 1 fully saturated rings. The molecule has 0 bridgehead atoms. The van der Waals surface area contributed by atoms with Gasteiger partial charge >= 0.3 is 6.09 Å². The summed E-state index contributed by atoms with van der Waals surface area (Å²) >= 11 is 0. The highest BCUT2D eigenvalue weighted by Gasteiger charge is 2.31. The Labute approximate surface area is 183 Å². The Morgan fingerprint density at radius 2 is 1.94 bits per heavy atom. The van der Waals surface area contributed by atoms with Gasteiger partial charge in [-0.15, -0.1) is 0 Å². The number of amides is 3. The van der Waals surface area contributed by atoms with Crippen molar-refractivity contribution >= 4 is 27.7 Å². The van der Waals surface area contributed by atoms with Gasteiger partial charge in [0.05, 0.1) is 5.75 Å². The lowest BCUT2D eigenvalue weighted by Gasteiger charge is -2.35. The Balaban J connectivity index is 2.00. The summed E-state index contributed by atoms with van der Waals surface area (Å²) in [6.45, 7) is 2.59. The van der Waals surface area contributed by atoms with Crippen molar-refractivity contribution in [2.75, 3.05) is 25.1 Å². The molecule has 1 heterocycles. The van der Waals surface area contributed by atoms with Gasteiger partial charge in [0.2, 0.25) is 11.8 Å². The van der Waals surface area contributed by atoms with Gasteiger partial charge in [0.1, 0.15) is 22.5 Å². The van der Waals surface area contributed by atoms with Crippen LogP contribution >= 0.6 is 0 Å². The Morgan fingerprint density at radius 1 is 1.23 bits per heavy atom. The van der Waals surface area contributed by atoms with Crippen molar-refractivity contribution in [2.45, 2.75) is 51.3 Å². The van der Waals surface area contributed by atoms with E-state index < -0.39 is 22.0 Å². The summed E-state index contributed by atoms with van der Waals surface area (Å²) in [6.07, 6.45) is 2.06. The van der Waals surface area contributed by atoms with Gasteiger partial charge in [-0.25, -0.2) is 13.2 Å². The highest BCUT2D eigenvalue weighted by atomic mass is 32.2. The SMILES string of the molecule is CCC(=O)NC1CCCN(C(=O)C(CCS(C)(=O)=O)NC(=O)OCc2ccccc2)C1. The summed E-state index contributed by atoms with van der Waals surface area (Å²) in [5.74, 6) is -0.710. The smallest absolute Gasteiger partial charge is 0.408 e. The van der Waals surface area contributed by atoms with Crippen molar-refractivity contribution in [1.82, 2.24) is 15.5 Å². The first-order chi connectivity index (χ1) is 14.7. The number of carbonyl (C=O) groups is 3. The summed E-state index contributed by atoms with van der Waals surface area (Å²) < 4.78 is 28.4. The second-order valence-electron chi connectivity index (χ2n) is 7.72. The molecule has 0 aromatic heterocycles. The number of ether oxygens (including phenoxy) is 1. The van der Waals surface area contributed by atoms with Crippen LogP contribution in [0.25, 0.3) is 0 Å². The number of sulfone groups is 1. The van der Waals surface area contributed by atoms with E-state index in [-0.39, 0.29) is 36.6 Å². The number of hydrogen-bond acceptors (Lipinski definition) is 6. The third kappa shape index (κ3) is 8.95. The van der Waals surface area contributed by atoms with Crippen molar-refractivity contribution in [2.24, 2.45) is 0 Å². The predicted octanol–water partition coefficient (Wildman–Crippen LogP) is 1.23. The summed E-state index contributed by atoms with van der Waals surface area (Å²) in [7, 11) is -3.32. The van der Waals surface area contributed by atoms with E-state index in [9.17, 15) is 22.8 Å². The molecule has 0 aliphatic carbocycles. The zero-order valence-corrected chi connectivity index (χ0v) is 18.8. The maximum absolute atomic E-state index is 13.1. The molecular formula is C21H31N3O6S. The average Bonchev–Trinajstić information content (AvgIpc) is 2.75. The second kappa shape index (κ2) is 11.7. The third-order valence-corrected chi connectivity index (χ3v) is 5.98. The topological polar surface area (TPSA) is 122 Å². The first kappa shape index (κ1) is 24.6. The number of benzene rings is 1. The van der Waals surface area contributed by atoms with E-state index >= 15 is 0 Å². The van der Waals surface area contributed by atoms with E-state index in [0.717, 1.165) is 18.2 Å². The molecule has 1 aromatic carbocycles. The fourth-order valence-electron chi connectivity index (χ4n) is 3.34. The van der Waals surface area contributed by atoms with E-state index in [2.05, 4.69) is 10.6 Å². The lowest BCUT2D eigenvalue weighted by Crippen LogP contribution is -2.55. The molecule has 2 unspecified atom stereocenters. The number of nitrogens with one attached hydrogen (secondary N) is 2. The van der Waals surface area contributed by atoms with Crippen LogP contribution in [0.4, 0.5) is 4.79 Å². The van der Waals surface area contributed by atoms with Gasteiger partial charge in [0.15, 0.2) is 0 Å². The number of carbonyl (C=O) groups excluding carboxylic acids is 3. The molecule has 1 aliphatic rings. The molecular weight excluding hydrogens is 422 g/mol. The number of alkyl carbamates (subject to hydrolysis) is 1. The second-order valence-corrected chi connectivity index (χ2v) is 9.98. The number of likely N-dealkylation sites (tertiary alicyclic amines) is 1. The van der Waals surface area contributed by atoms with Crippen molar-refractivity contribution < 1.29 is 27.5 Å². The summed E-state index contributed by atoms with van der Waals surface area (Å²) in [6, 6.07) is 7.90. The van der Waals surface area contributed by atoms with E-state index in [1.807, 2.05) is 18.2 Å². The molecule has 2 rings (SSSR count). The number of rotatable bonds is 9. The highest BCUT2D eigenvalue weighted by molar-refractivity contribution is 7.90. The van der Waals surface area contributed by atoms with Crippen LogP contribution in [0.15, 0.2) is 30.3 Å². The summed E-state index contributed by atoms with van der Waals surface area (Å²) in [4.78, 5) is 38.6. The molecule has 0 saturated carbocycles. The number of piperidine rings is 1. The quantitative estimate of drug-likeness (QED) is 0.580. The number of nitrogens with zero attached hydrogens (tertiary/aromatic N) is 1. The Bertz CT molecular complexity index is 859. The maximum atomic E-state index is 13.1. The lowest BCUT2D eigenvalue weighted by molar-refractivity contribution is -0.135. The minimum Gasteiger partial charge on any atom is -0.445 e. The molecule has 1 aromatic rings. The number of hydrogen-bond donors (Lipinski definition) is 2. The van der Waals surface area contributed by atoms with E-state index in [4.69, 9.17) is 4.74 Å². The molecule has 0 spiro atoms. The van der Waals surface area contributed by atoms with Crippen LogP contribution < -0.4 is 10.6 Å². The van der Waals surface area contributed by atoms with Gasteiger partial charge in [0, 0.05) is 31.8 Å². The zero-order valence-electron chi connectivity index (χ0n) is 18.0. The van der Waals surface area contributed by atoms with Crippen LogP contribution in [0, 0.1) is 0 Å². The molecule has 172 valence electrons. The molecule has 1 saturated heterocycles. The average molecular weight is 454 g/mol. The Morgan fingerprint density at radius 3 is 2.58 bits per heavy atom. The molecule has 9 nitrogen and oxygen atoms in total. The van der Waals surface area contributed by atoms with Gasteiger partial charge in [-0.05, 0) is 24.8 Å². The summed E-state index contributed by atoms with van der Waals surface area (Å²) in [5.41, 5.74) is 0.794. The molecule has 2 atom stereocenters. The van der Waals surface area contributed by atoms with E-state index in [0.29, 0.717) is 25.9 Å². The molecule has 10 heteroatoms. The minimum atomic E-state index is -3.32. The van der Waals surface area contributed by atoms with Gasteiger partial charge < -0.3 is 20.3 Å². The normalized spacial score (nSPS) is 17.5. The van der Waals surface area contributed by atoms with Crippen LogP contribution in [-0.2, 0) is 30.8 Å². The first-order valence-electron chi connectivity index (χ1n) is 10.4. The van der Waals surface area contributed by atoms with Gasteiger partial charge in [-0.3, -0.25) is 9.59 Å². The standard InChI is InChI=1S/C21H31N3O6S/c1-3-19(25)22-17-10-7-12-24(14-17)20(26)18(11-13-31(2,28)29)23-21(27)30-15-16-8-5-4-6-9-16/h4-6,8-9,17-18H,3,7,10-15H2,1-2H3,(H,22,25)(H,23,27). The first-order valence-corrected chi connectivity index (χ1v) is 12.5. The van der Waals surface area contributed by atoms with Gasteiger partial charge in [-0.1, -0.05) is 37.3 Å². The fraction of sp³-hybridized carbons (Fsp3) is 0.571. The lowest BCUT2D eigenvalue weighted by atomic mass is 10.0. The van der Waals surface area contributed by atoms with E-state index in [1.54, 1.807) is 24.0 Å². The third-order valence-electron chi connectivity index (χ3n) is 5.00. The van der Waals surface area contributed by atoms with Crippen LogP contribution in [0.3, 0.4) is 0 Å². The van der Waals surface area contributed by atoms with Crippen LogP contribution in [-0.4, -0.2) is 68.4 Å². The highest BCUT2D eigenvalue weighted by Crippen LogP contribution is 2.13. The van der Waals surface area contributed by atoms with Gasteiger partial charge in [-0.2, -0.15) is 0 Å². The monoisotopic (exact) mass is 453 g/mol. The minimum absolute atomic E-state index is 0.0362. The fourth-order valence-corrected chi connectivity index (χ4v) is 4.01. The van der Waals surface area contributed by atoms with Gasteiger partial charge in [0.25, 0.3) is 0 Å². The molecule has 1 aliphatic heterocycles. The molecule has 3 amide bonds. The summed E-state index contributed by atoms with van der Waals surface area (Å²) in [5, 5.41) is 5.41. The zero-order chi connectivity index (χ0) is 22.9. The Hall–Kier alpha value is -2.62. The van der Waals surface area contributed by atoms with Crippen LogP contribution in [0.1, 0.15) is 38.2 Å². The van der Waals surface area contributed by atoms with Crippen LogP contribution in [0.2, 0.25) is 0 Å². The van der Waals surface area contributed by atoms with Crippen LogP contribution in [0.5, 0.6) is 0 Å². The van der Waals surface area contributed by atoms with Crippen molar-refractivity contribution in [1.29, 1.82) is 0 Å². The largest absolute Gasteiger partial charge is 0.445 e. The van der Waals surface area contributed by atoms with Crippen molar-refractivity contribution in [3.8, 4) is 0 Å². The maximum Gasteiger partial charge on any atom is 0.408 e. The Kier molecular flexibility index (Phi) is 9.29. The van der Waals surface area contributed by atoms with Crippen molar-refractivity contribution in [3.05, 3.63) is 35.9 Å². The molecule has 31 heavy (non-hydrogen) atoms. The van der Waals surface area contributed by atoms with E-state index in [1.165, 1.54) is 0 Å².